The maximum Gasteiger partial charge on any atom is 0.481 e. The first-order valence-corrected chi connectivity index (χ1v) is 21.8. The van der Waals surface area contributed by atoms with Gasteiger partial charge in [0.25, 0.3) is 0 Å². The van der Waals surface area contributed by atoms with Crippen LogP contribution in [0.5, 0.6) is 0 Å². The van der Waals surface area contributed by atoms with E-state index in [1.807, 2.05) is 0 Å². The fraction of sp³-hybridized carbons (Fsp3) is 0.692. The molecule has 0 aliphatic carbocycles. The Balaban J connectivity index is 1.48. The molecule has 312 valence electrons. The van der Waals surface area contributed by atoms with E-state index in [0.717, 1.165) is 17.2 Å². The van der Waals surface area contributed by atoms with Crippen molar-refractivity contribution in [1.82, 2.24) is 30.2 Å². The Hall–Kier alpha value is -2.48. The normalized spacial score (nSPS) is 21.8. The molecule has 3 heterocycles. The average molecular weight is 868 g/mol. The molecular formula is C26H44N7O18P3S. The van der Waals surface area contributed by atoms with Gasteiger partial charge in [-0.05, 0) is 0 Å². The number of Topliss-reactive ketones (excluding diaryl/α,β-unsaturated/α-hetero) is 1. The molecule has 0 radical (unpaired) electrons. The van der Waals surface area contributed by atoms with Gasteiger partial charge in [0, 0.05) is 55.9 Å². The van der Waals surface area contributed by atoms with Gasteiger partial charge in [-0.1, -0.05) is 13.8 Å². The van der Waals surface area contributed by atoms with Gasteiger partial charge in [-0.25, -0.2) is 28.6 Å². The number of carbonyl (C=O) groups is 3. The Kier molecular flexibility index (Phi) is 17.3. The van der Waals surface area contributed by atoms with Crippen molar-refractivity contribution in [3.8, 4) is 0 Å². The average Bonchev–Trinajstić information content (AvgIpc) is 3.64. The number of aliphatic hydroxyl groups excluding tert-OH is 3. The Morgan fingerprint density at radius 1 is 1.02 bits per heavy atom. The predicted octanol–water partition coefficient (Wildman–Crippen LogP) is -1.52. The van der Waals surface area contributed by atoms with Gasteiger partial charge in [0.15, 0.2) is 17.7 Å². The zero-order valence-electron chi connectivity index (χ0n) is 29.3. The van der Waals surface area contributed by atoms with Gasteiger partial charge in [-0.3, -0.25) is 32.5 Å². The highest BCUT2D eigenvalue weighted by atomic mass is 32.2. The Morgan fingerprint density at radius 2 is 1.71 bits per heavy atom. The van der Waals surface area contributed by atoms with Crippen LogP contribution in [0.2, 0.25) is 0 Å². The molecule has 3 unspecified atom stereocenters. The molecule has 2 amide bonds. The van der Waals surface area contributed by atoms with E-state index in [1.54, 1.807) is 0 Å². The smallest absolute Gasteiger partial charge is 0.396 e. The second-order valence-corrected chi connectivity index (χ2v) is 17.9. The number of nitrogen functional groups attached to an aromatic ring is 1. The molecule has 1 aliphatic rings. The van der Waals surface area contributed by atoms with Gasteiger partial charge >= 0.3 is 23.5 Å². The zero-order valence-corrected chi connectivity index (χ0v) is 32.8. The maximum atomic E-state index is 12.7. The second-order valence-electron chi connectivity index (χ2n) is 12.4. The first-order chi connectivity index (χ1) is 25.6. The number of rotatable bonds is 24. The van der Waals surface area contributed by atoms with Crippen molar-refractivity contribution in [2.45, 2.75) is 63.8 Å². The number of phosphoric ester groups is 3. The molecule has 11 N–H and O–H groups in total. The number of anilines is 1. The first kappa shape index (κ1) is 46.9. The van der Waals surface area contributed by atoms with Crippen LogP contribution in [0.3, 0.4) is 0 Å². The molecule has 29 heteroatoms. The number of imidazole rings is 1. The molecule has 25 nitrogen and oxygen atoms in total. The van der Waals surface area contributed by atoms with E-state index in [-0.39, 0.29) is 48.8 Å². The van der Waals surface area contributed by atoms with E-state index in [0.29, 0.717) is 24.5 Å². The standard InChI is InChI=1S/C26H44N7O18P3S/c1-26(2,21(38)24(39)29-6-3-17(36)28-7-10-55-9-5-15(35)4-8-34)12-48-54(45,46)51-53(43,44)47-11-16-20(50-52(40,41)42)19(37)25(49-16)33-14-32-18-22(27)30-13-31-23(18)33/h13-14,16,19-21,25,34,37-38H,3-12H2,1-2H3,(H,28,36)(H,29,39)(H,43,44)(H,45,46)(H2,27,30,31)(H2,40,41,42)/t16-,19-,20-,21?,25-/m1/s1. The third kappa shape index (κ3) is 14.8. The number of thioether (sulfide) groups is 1. The second kappa shape index (κ2) is 20.3. The van der Waals surface area contributed by atoms with Gasteiger partial charge in [0.1, 0.15) is 42.0 Å². The lowest BCUT2D eigenvalue weighted by Gasteiger charge is -2.30. The summed E-state index contributed by atoms with van der Waals surface area (Å²) in [6.45, 7) is 0.392. The van der Waals surface area contributed by atoms with Gasteiger partial charge in [-0.2, -0.15) is 16.1 Å². The monoisotopic (exact) mass is 867 g/mol. The van der Waals surface area contributed by atoms with Crippen LogP contribution >= 0.6 is 35.2 Å². The van der Waals surface area contributed by atoms with Gasteiger partial charge in [0.05, 0.1) is 19.5 Å². The van der Waals surface area contributed by atoms with E-state index in [2.05, 4.69) is 34.4 Å². The lowest BCUT2D eigenvalue weighted by atomic mass is 9.87. The minimum atomic E-state index is -5.57. The number of ketones is 1. The summed E-state index contributed by atoms with van der Waals surface area (Å²) in [4.78, 5) is 86.8. The number of fused-ring (bicyclic) bond motifs is 1. The van der Waals surface area contributed by atoms with Crippen molar-refractivity contribution < 1.29 is 85.6 Å². The van der Waals surface area contributed by atoms with Crippen LogP contribution in [-0.2, 0) is 50.7 Å². The lowest BCUT2D eigenvalue weighted by Crippen LogP contribution is -2.46. The highest BCUT2D eigenvalue weighted by Gasteiger charge is 2.50. The van der Waals surface area contributed by atoms with E-state index in [1.165, 1.54) is 25.6 Å². The molecule has 2 aromatic heterocycles. The van der Waals surface area contributed by atoms with Crippen LogP contribution in [0.15, 0.2) is 12.7 Å². The van der Waals surface area contributed by atoms with Crippen LogP contribution < -0.4 is 16.4 Å². The van der Waals surface area contributed by atoms with Crippen LogP contribution in [0.1, 0.15) is 39.3 Å². The summed E-state index contributed by atoms with van der Waals surface area (Å²) in [7, 11) is -16.4. The number of aromatic nitrogens is 4. The van der Waals surface area contributed by atoms with Crippen LogP contribution in [-0.4, -0.2) is 141 Å². The Bertz CT molecular complexity index is 1780. The molecule has 3 rings (SSSR count). The number of amides is 2. The summed E-state index contributed by atoms with van der Waals surface area (Å²) in [6, 6.07) is 0. The van der Waals surface area contributed by atoms with Gasteiger partial charge in [-0.15, -0.1) is 0 Å². The van der Waals surface area contributed by atoms with Gasteiger partial charge < -0.3 is 56.0 Å². The summed E-state index contributed by atoms with van der Waals surface area (Å²) in [5.74, 6) is -0.419. The molecule has 0 bridgehead atoms. The molecule has 0 spiro atoms. The summed E-state index contributed by atoms with van der Waals surface area (Å²) < 4.78 is 62.0. The zero-order chi connectivity index (χ0) is 41.2. The molecule has 1 aliphatic heterocycles. The summed E-state index contributed by atoms with van der Waals surface area (Å²) in [5, 5.41) is 35.1. The van der Waals surface area contributed by atoms with E-state index < -0.39 is 84.6 Å². The van der Waals surface area contributed by atoms with Crippen LogP contribution in [0, 0.1) is 5.41 Å². The molecule has 0 aromatic carbocycles. The number of ether oxygens (including phenoxy) is 1. The molecule has 55 heavy (non-hydrogen) atoms. The molecule has 1 fully saturated rings. The Labute approximate surface area is 317 Å². The number of carbonyl (C=O) groups excluding carboxylic acids is 3. The van der Waals surface area contributed by atoms with Crippen LogP contribution in [0.4, 0.5) is 5.82 Å². The summed E-state index contributed by atoms with van der Waals surface area (Å²) in [6.07, 6.45) is -6.49. The maximum absolute atomic E-state index is 12.7. The van der Waals surface area contributed by atoms with E-state index >= 15 is 0 Å². The minimum absolute atomic E-state index is 0.0286. The van der Waals surface area contributed by atoms with Crippen molar-refractivity contribution in [2.24, 2.45) is 5.41 Å². The molecule has 0 saturated carbocycles. The first-order valence-electron chi connectivity index (χ1n) is 16.1. The van der Waals surface area contributed by atoms with Crippen molar-refractivity contribution in [2.75, 3.05) is 50.1 Å². The van der Waals surface area contributed by atoms with Crippen LogP contribution in [0.25, 0.3) is 11.2 Å². The van der Waals surface area contributed by atoms with Gasteiger partial charge in [0.2, 0.25) is 11.8 Å². The highest BCUT2D eigenvalue weighted by Crippen LogP contribution is 2.61. The van der Waals surface area contributed by atoms with Crippen molar-refractivity contribution in [3.05, 3.63) is 12.7 Å². The topological polar surface area (TPSA) is 384 Å². The number of nitrogens with two attached hydrogens (primary N) is 1. The number of aliphatic hydroxyl groups is 3. The molecule has 1 saturated heterocycles. The number of nitrogens with one attached hydrogen (secondary N) is 2. The summed E-state index contributed by atoms with van der Waals surface area (Å²) >= 11 is 1.44. The molecule has 7 atom stereocenters. The number of hydrogen-bond acceptors (Lipinski definition) is 19. The predicted molar refractivity (Wildman–Crippen MR) is 188 cm³/mol. The molecule has 2 aromatic rings. The number of phosphoric acid groups is 3. The highest BCUT2D eigenvalue weighted by molar-refractivity contribution is 7.99. The minimum Gasteiger partial charge on any atom is -0.396 e. The van der Waals surface area contributed by atoms with Crippen molar-refractivity contribution in [3.63, 3.8) is 0 Å². The van der Waals surface area contributed by atoms with E-state index in [9.17, 15) is 57.9 Å². The summed E-state index contributed by atoms with van der Waals surface area (Å²) in [5.41, 5.74) is 4.26. The SMILES string of the molecule is CC(C)(COP(=O)(O)OP(=O)(O)OC[C@H]1O[C@@H](n2cnc3c(N)ncnc32)[C@H](O)[C@@H]1OP(=O)(O)O)C(O)C(=O)NCCC(=O)NCCSCCC(=O)CCO. The molecular weight excluding hydrogens is 823 g/mol. The number of nitrogens with zero attached hydrogens (tertiary/aromatic N) is 4. The quantitative estimate of drug-likeness (QED) is 0.0423. The number of hydrogen-bond donors (Lipinski definition) is 10. The van der Waals surface area contributed by atoms with Crippen molar-refractivity contribution in [1.29, 1.82) is 0 Å². The third-order valence-electron chi connectivity index (χ3n) is 7.56. The Morgan fingerprint density at radius 3 is 2.38 bits per heavy atom. The van der Waals surface area contributed by atoms with Crippen molar-refractivity contribution >= 4 is 69.8 Å². The fourth-order valence-corrected chi connectivity index (χ4v) is 8.39. The third-order valence-corrected chi connectivity index (χ3v) is 11.6. The fourth-order valence-electron chi connectivity index (χ4n) is 4.74. The largest absolute Gasteiger partial charge is 0.481 e. The lowest BCUT2D eigenvalue weighted by molar-refractivity contribution is -0.137. The van der Waals surface area contributed by atoms with E-state index in [4.69, 9.17) is 24.6 Å².